The number of ether oxygens (including phenoxy) is 2. The minimum absolute atomic E-state index is 0.121. The number of carboxylic acid groups (broad SMARTS) is 1. The Morgan fingerprint density at radius 3 is 2.83 bits per heavy atom. The van der Waals surface area contributed by atoms with Crippen molar-refractivity contribution in [3.05, 3.63) is 93.3 Å². The first-order valence-electron chi connectivity index (χ1n) is 13.8. The number of hydrogen-bond acceptors (Lipinski definition) is 7. The molecule has 9 heteroatoms. The zero-order valence-corrected chi connectivity index (χ0v) is 23.5. The van der Waals surface area contributed by atoms with Crippen LogP contribution in [-0.2, 0) is 17.8 Å². The lowest BCUT2D eigenvalue weighted by Crippen LogP contribution is -2.41. The molecule has 5 rings (SSSR count). The number of aliphatic carboxylic acids is 1. The number of nitriles is 1. The van der Waals surface area contributed by atoms with Gasteiger partial charge in [-0.15, -0.1) is 0 Å². The van der Waals surface area contributed by atoms with Crippen LogP contribution < -0.4 is 14.8 Å². The molecular weight excluding hydrogens is 542 g/mol. The molecule has 0 aliphatic heterocycles. The summed E-state index contributed by atoms with van der Waals surface area (Å²) in [6, 6.07) is 11.9. The summed E-state index contributed by atoms with van der Waals surface area (Å²) in [6.45, 7) is 1.32. The number of halogens is 1. The van der Waals surface area contributed by atoms with Crippen molar-refractivity contribution in [3.63, 3.8) is 0 Å². The third kappa shape index (κ3) is 6.38. The van der Waals surface area contributed by atoms with Crippen LogP contribution in [0.15, 0.2) is 54.9 Å². The molecule has 2 aromatic carbocycles. The Hall–Kier alpha value is -3.90. The number of aliphatic hydroxyl groups excluding tert-OH is 1. The number of allylic oxidation sites excluding steroid dienone is 2. The Labute approximate surface area is 244 Å². The summed E-state index contributed by atoms with van der Waals surface area (Å²) in [4.78, 5) is 15.6. The first kappa shape index (κ1) is 28.6. The van der Waals surface area contributed by atoms with Crippen molar-refractivity contribution in [2.75, 3.05) is 6.61 Å². The van der Waals surface area contributed by atoms with E-state index in [1.165, 1.54) is 34.9 Å². The highest BCUT2D eigenvalue weighted by atomic mass is 35.5. The van der Waals surface area contributed by atoms with Gasteiger partial charge in [0.1, 0.15) is 36.3 Å². The summed E-state index contributed by atoms with van der Waals surface area (Å²) in [6.07, 6.45) is 10.4. The highest BCUT2D eigenvalue weighted by molar-refractivity contribution is 6.32. The Balaban J connectivity index is 1.44. The Kier molecular flexibility index (Phi) is 8.89. The quantitative estimate of drug-likeness (QED) is 0.258. The summed E-state index contributed by atoms with van der Waals surface area (Å²) in [5.74, 6) is -0.265. The van der Waals surface area contributed by atoms with Crippen LogP contribution >= 0.6 is 11.6 Å². The molecule has 2 aliphatic carbocycles. The van der Waals surface area contributed by atoms with Gasteiger partial charge in [-0.3, -0.25) is 15.1 Å². The van der Waals surface area contributed by atoms with Crippen LogP contribution in [0, 0.1) is 11.3 Å². The maximum atomic E-state index is 11.5. The molecule has 2 aliphatic rings. The molecule has 3 N–H and O–H groups in total. The van der Waals surface area contributed by atoms with Crippen molar-refractivity contribution in [3.8, 4) is 17.6 Å². The van der Waals surface area contributed by atoms with E-state index in [2.05, 4.69) is 40.6 Å². The molecule has 0 amide bonds. The number of aromatic nitrogens is 1. The molecule has 41 heavy (non-hydrogen) atoms. The van der Waals surface area contributed by atoms with Crippen LogP contribution in [0.3, 0.4) is 0 Å². The lowest BCUT2D eigenvalue weighted by atomic mass is 9.96. The van der Waals surface area contributed by atoms with Crippen molar-refractivity contribution < 1.29 is 24.5 Å². The predicted molar refractivity (Wildman–Crippen MR) is 155 cm³/mol. The zero-order valence-electron chi connectivity index (χ0n) is 22.8. The lowest BCUT2D eigenvalue weighted by molar-refractivity contribution is -0.140. The van der Waals surface area contributed by atoms with Crippen LogP contribution in [0.5, 0.6) is 11.5 Å². The van der Waals surface area contributed by atoms with Gasteiger partial charge in [-0.05, 0) is 73.4 Å². The lowest BCUT2D eigenvalue weighted by Gasteiger charge is -2.24. The van der Waals surface area contributed by atoms with Crippen LogP contribution in [0.1, 0.15) is 78.1 Å². The summed E-state index contributed by atoms with van der Waals surface area (Å²) in [5.41, 5.74) is 6.96. The molecule has 3 aromatic rings. The molecule has 0 saturated carbocycles. The predicted octanol–water partition coefficient (Wildman–Crippen LogP) is 5.92. The second-order valence-corrected chi connectivity index (χ2v) is 10.8. The van der Waals surface area contributed by atoms with Crippen LogP contribution in [-0.4, -0.2) is 33.8 Å². The Morgan fingerprint density at radius 1 is 1.24 bits per heavy atom. The molecule has 3 atom stereocenters. The molecule has 0 spiro atoms. The number of nitrogens with one attached hydrogen (secondary N) is 1. The van der Waals surface area contributed by atoms with Gasteiger partial charge in [0.05, 0.1) is 17.2 Å². The van der Waals surface area contributed by atoms with Gasteiger partial charge in [0.15, 0.2) is 0 Å². The van der Waals surface area contributed by atoms with E-state index in [9.17, 15) is 20.3 Å². The molecule has 0 saturated heterocycles. The van der Waals surface area contributed by atoms with Gasteiger partial charge in [0.25, 0.3) is 0 Å². The van der Waals surface area contributed by atoms with E-state index in [-0.39, 0.29) is 12.7 Å². The number of pyridine rings is 1. The van der Waals surface area contributed by atoms with E-state index in [0.717, 1.165) is 25.7 Å². The number of hydrogen-bond donors (Lipinski definition) is 3. The van der Waals surface area contributed by atoms with Crippen molar-refractivity contribution in [2.45, 2.75) is 63.8 Å². The molecule has 8 nitrogen and oxygen atoms in total. The maximum absolute atomic E-state index is 11.5. The smallest absolute Gasteiger partial charge is 0.323 e. The standard InChI is InChI=1S/C32H32ClN3O5/c1-19(36-28(17-37)32(38)39)26-12-27(33)31(13-30(26)40-18-21-11-20(14-34)15-35-16-21)41-29-10-9-24-23(7-4-8-25(24)29)22-5-2-3-6-22/h4-5,7-8,11-13,15-16,19,28-29,36-37H,2-3,6,9-10,17-18H2,1H3,(H,38,39)/t19?,28-,29-/m0/s1. The zero-order chi connectivity index (χ0) is 28.9. The van der Waals surface area contributed by atoms with Crippen LogP contribution in [0.25, 0.3) is 5.57 Å². The number of aliphatic hydroxyl groups is 1. The monoisotopic (exact) mass is 573 g/mol. The molecule has 0 bridgehead atoms. The topological polar surface area (TPSA) is 125 Å². The second-order valence-electron chi connectivity index (χ2n) is 10.4. The average molecular weight is 574 g/mol. The third-order valence-corrected chi connectivity index (χ3v) is 7.95. The largest absolute Gasteiger partial charge is 0.488 e. The van der Waals surface area contributed by atoms with Gasteiger partial charge in [-0.2, -0.15) is 5.26 Å². The summed E-state index contributed by atoms with van der Waals surface area (Å²) in [5, 5.41) is 31.5. The third-order valence-electron chi connectivity index (χ3n) is 7.65. The minimum atomic E-state index is -1.17. The van der Waals surface area contributed by atoms with Gasteiger partial charge >= 0.3 is 5.97 Å². The summed E-state index contributed by atoms with van der Waals surface area (Å²) >= 11 is 6.75. The van der Waals surface area contributed by atoms with Gasteiger partial charge in [0.2, 0.25) is 0 Å². The number of carboxylic acids is 1. The van der Waals surface area contributed by atoms with Crippen molar-refractivity contribution >= 4 is 23.1 Å². The van der Waals surface area contributed by atoms with Crippen LogP contribution in [0.4, 0.5) is 0 Å². The molecule has 0 radical (unpaired) electrons. The highest BCUT2D eigenvalue weighted by Gasteiger charge is 2.29. The maximum Gasteiger partial charge on any atom is 0.323 e. The van der Waals surface area contributed by atoms with E-state index in [1.807, 2.05) is 0 Å². The van der Waals surface area contributed by atoms with Gasteiger partial charge in [-0.1, -0.05) is 35.9 Å². The summed E-state index contributed by atoms with van der Waals surface area (Å²) < 4.78 is 12.7. The number of nitrogens with zero attached hydrogens (tertiary/aromatic N) is 2. The van der Waals surface area contributed by atoms with Gasteiger partial charge in [-0.25, -0.2) is 0 Å². The van der Waals surface area contributed by atoms with Crippen molar-refractivity contribution in [1.29, 1.82) is 5.26 Å². The normalized spacial score (nSPS) is 17.3. The van der Waals surface area contributed by atoms with Crippen molar-refractivity contribution in [1.82, 2.24) is 10.3 Å². The molecular formula is C32H32ClN3O5. The average Bonchev–Trinajstić information content (AvgIpc) is 3.66. The van der Waals surface area contributed by atoms with Crippen molar-refractivity contribution in [2.24, 2.45) is 0 Å². The Bertz CT molecular complexity index is 1520. The molecule has 1 unspecified atom stereocenters. The van der Waals surface area contributed by atoms with E-state index >= 15 is 0 Å². The molecule has 1 aromatic heterocycles. The fraction of sp³-hybridized carbons (Fsp3) is 0.344. The van der Waals surface area contributed by atoms with E-state index < -0.39 is 24.7 Å². The number of fused-ring (bicyclic) bond motifs is 1. The second kappa shape index (κ2) is 12.7. The number of benzene rings is 2. The molecule has 0 fully saturated rings. The SMILES string of the molecule is CC(N[C@@H](CO)C(=O)O)c1cc(Cl)c(O[C@H]2CCc3c(C4=CCCC4)cccc32)cc1OCc1cncc(C#N)c1. The van der Waals surface area contributed by atoms with Crippen LogP contribution in [0.2, 0.25) is 5.02 Å². The number of carbonyl (C=O) groups is 1. The first-order chi connectivity index (χ1) is 19.9. The van der Waals surface area contributed by atoms with Gasteiger partial charge in [0, 0.05) is 35.6 Å². The fourth-order valence-electron chi connectivity index (χ4n) is 5.59. The van der Waals surface area contributed by atoms with E-state index in [1.54, 1.807) is 31.3 Å². The fourth-order valence-corrected chi connectivity index (χ4v) is 5.81. The van der Waals surface area contributed by atoms with Gasteiger partial charge < -0.3 is 19.7 Å². The molecule has 212 valence electrons. The van der Waals surface area contributed by atoms with E-state index in [4.69, 9.17) is 21.1 Å². The summed E-state index contributed by atoms with van der Waals surface area (Å²) in [7, 11) is 0. The Morgan fingerprint density at radius 2 is 2.10 bits per heavy atom. The highest BCUT2D eigenvalue weighted by Crippen LogP contribution is 2.44. The number of rotatable bonds is 11. The first-order valence-corrected chi connectivity index (χ1v) is 14.1. The molecule has 1 heterocycles. The minimum Gasteiger partial charge on any atom is -0.488 e. The van der Waals surface area contributed by atoms with E-state index in [0.29, 0.717) is 33.2 Å².